The number of aliphatic hydroxyl groups is 1. The Morgan fingerprint density at radius 3 is 2.57 bits per heavy atom. The van der Waals surface area contributed by atoms with Crippen LogP contribution in [0.15, 0.2) is 40.9 Å². The van der Waals surface area contributed by atoms with Crippen molar-refractivity contribution in [2.24, 2.45) is 11.3 Å². The predicted octanol–water partition coefficient (Wildman–Crippen LogP) is 5.44. The quantitative estimate of drug-likeness (QED) is 0.353. The van der Waals surface area contributed by atoms with Gasteiger partial charge in [0.05, 0.1) is 17.8 Å². The molecule has 0 amide bonds. The molecule has 0 bridgehead atoms. The lowest BCUT2D eigenvalue weighted by Gasteiger charge is -2.34. The second-order valence-electron chi connectivity index (χ2n) is 11.3. The maximum absolute atomic E-state index is 9.64. The molecule has 1 aromatic heterocycles. The van der Waals surface area contributed by atoms with Gasteiger partial charge in [-0.25, -0.2) is 4.85 Å². The van der Waals surface area contributed by atoms with E-state index >= 15 is 0 Å². The van der Waals surface area contributed by atoms with Crippen molar-refractivity contribution in [3.63, 3.8) is 0 Å². The second-order valence-corrected chi connectivity index (χ2v) is 11.3. The Bertz CT molecular complexity index is 1230. The number of nitrogens with zero attached hydrogens (tertiary/aromatic N) is 4. The summed E-state index contributed by atoms with van der Waals surface area (Å²) in [6.45, 7) is 11.9. The molecule has 7 heteroatoms. The lowest BCUT2D eigenvalue weighted by atomic mass is 9.90. The van der Waals surface area contributed by atoms with E-state index in [0.29, 0.717) is 31.4 Å². The van der Waals surface area contributed by atoms with Gasteiger partial charge in [0.1, 0.15) is 12.4 Å². The monoisotopic (exact) mass is 502 g/mol. The van der Waals surface area contributed by atoms with E-state index in [4.69, 9.17) is 15.8 Å². The Morgan fingerprint density at radius 1 is 1.16 bits per heavy atom. The highest BCUT2D eigenvalue weighted by atomic mass is 16.5. The first kappa shape index (κ1) is 25.7. The van der Waals surface area contributed by atoms with Gasteiger partial charge in [-0.05, 0) is 89.3 Å². The Labute approximate surface area is 219 Å². The fraction of sp³-hybridized carbons (Fsp3) is 0.533. The molecule has 2 aromatic carbocycles. The summed E-state index contributed by atoms with van der Waals surface area (Å²) in [4.78, 5) is 8.12. The first-order valence-electron chi connectivity index (χ1n) is 13.5. The molecule has 1 aliphatic carbocycles. The molecule has 0 unspecified atom stereocenters. The predicted molar refractivity (Wildman–Crippen MR) is 145 cm³/mol. The maximum Gasteiger partial charge on any atom is 0.187 e. The molecule has 196 valence electrons. The molecular weight excluding hydrogens is 464 g/mol. The highest BCUT2D eigenvalue weighted by molar-refractivity contribution is 5.84. The molecule has 0 radical (unpaired) electrons. The van der Waals surface area contributed by atoms with E-state index in [0.717, 1.165) is 66.0 Å². The van der Waals surface area contributed by atoms with Gasteiger partial charge < -0.3 is 24.2 Å². The Morgan fingerprint density at radius 2 is 1.92 bits per heavy atom. The molecule has 0 spiro atoms. The van der Waals surface area contributed by atoms with Gasteiger partial charge >= 0.3 is 0 Å². The van der Waals surface area contributed by atoms with Crippen LogP contribution in [0.25, 0.3) is 15.8 Å². The first-order chi connectivity index (χ1) is 18.0. The Kier molecular flexibility index (Phi) is 7.80. The number of piperidine rings is 1. The van der Waals surface area contributed by atoms with Gasteiger partial charge in [0.2, 0.25) is 0 Å². The molecule has 1 N–H and O–H groups in total. The Hall–Kier alpha value is -2.92. The minimum Gasteiger partial charge on any atom is -0.488 e. The average molecular weight is 503 g/mol. The zero-order chi connectivity index (χ0) is 25.8. The van der Waals surface area contributed by atoms with Crippen molar-refractivity contribution in [1.82, 2.24) is 15.0 Å². The number of rotatable bonds is 11. The van der Waals surface area contributed by atoms with Gasteiger partial charge in [-0.2, -0.15) is 0 Å². The SMILES string of the molecule is [C-]#[N+]c1ccc(COc2ccc3c(CCC4CCN(CC5(CO)CC5)CC4)noc3c2CN(C)C)cc1. The van der Waals surface area contributed by atoms with Gasteiger partial charge in [-0.3, -0.25) is 0 Å². The molecule has 7 nitrogen and oxygen atoms in total. The highest BCUT2D eigenvalue weighted by Gasteiger charge is 2.43. The minimum atomic E-state index is 0.211. The van der Waals surface area contributed by atoms with Crippen molar-refractivity contribution in [3.05, 3.63) is 64.6 Å². The van der Waals surface area contributed by atoms with Crippen LogP contribution in [0.5, 0.6) is 5.75 Å². The van der Waals surface area contributed by atoms with Crippen LogP contribution in [0.4, 0.5) is 5.69 Å². The van der Waals surface area contributed by atoms with E-state index in [1.165, 1.54) is 25.7 Å². The highest BCUT2D eigenvalue weighted by Crippen LogP contribution is 2.46. The van der Waals surface area contributed by atoms with Gasteiger partial charge in [0, 0.05) is 30.5 Å². The van der Waals surface area contributed by atoms with Crippen LogP contribution in [0.1, 0.15) is 48.9 Å². The zero-order valence-corrected chi connectivity index (χ0v) is 22.1. The summed E-state index contributed by atoms with van der Waals surface area (Å²) < 4.78 is 12.1. The third-order valence-electron chi connectivity index (χ3n) is 8.06. The normalized spacial score (nSPS) is 17.8. The summed E-state index contributed by atoms with van der Waals surface area (Å²) >= 11 is 0. The molecule has 1 saturated heterocycles. The lowest BCUT2D eigenvalue weighted by molar-refractivity contribution is 0.115. The van der Waals surface area contributed by atoms with E-state index in [1.54, 1.807) is 0 Å². The van der Waals surface area contributed by atoms with Crippen molar-refractivity contribution in [2.75, 3.05) is 40.3 Å². The number of aromatic nitrogens is 1. The van der Waals surface area contributed by atoms with Crippen molar-refractivity contribution in [2.45, 2.75) is 51.7 Å². The van der Waals surface area contributed by atoms with E-state index in [1.807, 2.05) is 44.4 Å². The molecule has 3 aromatic rings. The van der Waals surface area contributed by atoms with Crippen LogP contribution in [-0.2, 0) is 19.6 Å². The number of benzene rings is 2. The molecule has 0 atom stereocenters. The summed E-state index contributed by atoms with van der Waals surface area (Å²) in [5, 5.41) is 15.2. The zero-order valence-electron chi connectivity index (χ0n) is 22.1. The van der Waals surface area contributed by atoms with Crippen LogP contribution < -0.4 is 4.74 Å². The van der Waals surface area contributed by atoms with Crippen molar-refractivity contribution in [3.8, 4) is 5.75 Å². The Balaban J connectivity index is 1.22. The summed E-state index contributed by atoms with van der Waals surface area (Å²) in [6, 6.07) is 11.6. The van der Waals surface area contributed by atoms with Gasteiger partial charge in [0.15, 0.2) is 11.3 Å². The fourth-order valence-electron chi connectivity index (χ4n) is 5.49. The van der Waals surface area contributed by atoms with Gasteiger partial charge in [0.25, 0.3) is 0 Å². The topological polar surface area (TPSA) is 66.3 Å². The van der Waals surface area contributed by atoms with Crippen molar-refractivity contribution < 1.29 is 14.4 Å². The number of hydrogen-bond acceptors (Lipinski definition) is 6. The van der Waals surface area contributed by atoms with Crippen LogP contribution in [0, 0.1) is 17.9 Å². The van der Waals surface area contributed by atoms with Crippen molar-refractivity contribution in [1.29, 1.82) is 0 Å². The van der Waals surface area contributed by atoms with E-state index < -0.39 is 0 Å². The summed E-state index contributed by atoms with van der Waals surface area (Å²) in [6.07, 6.45) is 6.86. The van der Waals surface area contributed by atoms with Crippen LogP contribution in [-0.4, -0.2) is 60.4 Å². The summed E-state index contributed by atoms with van der Waals surface area (Å²) in [5.74, 6) is 1.52. The average Bonchev–Trinajstić information content (AvgIpc) is 3.57. The lowest BCUT2D eigenvalue weighted by Crippen LogP contribution is -2.38. The number of aliphatic hydroxyl groups excluding tert-OH is 1. The standard InChI is InChI=1S/C30H38N4O3/c1-31-24-7-4-23(5-8-24)19-36-28-11-9-25-27(32-37-29(25)26(28)18-33(2)3)10-6-22-12-16-34(17-13-22)20-30(21-35)14-15-30/h4-5,7-9,11,22,35H,6,10,12-21H2,2-3H3. The number of aryl methyl sites for hydroxylation is 1. The van der Waals surface area contributed by atoms with Crippen LogP contribution in [0.2, 0.25) is 0 Å². The molecular formula is C30H38N4O3. The van der Waals surface area contributed by atoms with E-state index in [-0.39, 0.29) is 5.41 Å². The molecule has 5 rings (SSSR count). The molecule has 2 heterocycles. The van der Waals surface area contributed by atoms with Gasteiger partial charge in [-0.1, -0.05) is 29.4 Å². The first-order valence-corrected chi connectivity index (χ1v) is 13.5. The molecule has 2 aliphatic rings. The molecule has 37 heavy (non-hydrogen) atoms. The van der Waals surface area contributed by atoms with E-state index in [9.17, 15) is 5.11 Å². The van der Waals surface area contributed by atoms with Crippen molar-refractivity contribution >= 4 is 16.7 Å². The number of ether oxygens (including phenoxy) is 1. The van der Waals surface area contributed by atoms with Crippen LogP contribution in [0.3, 0.4) is 0 Å². The maximum atomic E-state index is 9.64. The third-order valence-corrected chi connectivity index (χ3v) is 8.06. The van der Waals surface area contributed by atoms with Gasteiger partial charge in [-0.15, -0.1) is 0 Å². The second kappa shape index (κ2) is 11.2. The molecule has 2 fully saturated rings. The third kappa shape index (κ3) is 6.15. The number of hydrogen-bond donors (Lipinski definition) is 1. The largest absolute Gasteiger partial charge is 0.488 e. The summed E-state index contributed by atoms with van der Waals surface area (Å²) in [7, 11) is 4.09. The molecule has 1 aliphatic heterocycles. The molecule has 1 saturated carbocycles. The minimum absolute atomic E-state index is 0.211. The van der Waals surface area contributed by atoms with Crippen LogP contribution >= 0.6 is 0 Å². The van der Waals surface area contributed by atoms with E-state index in [2.05, 4.69) is 25.9 Å². The number of fused-ring (bicyclic) bond motifs is 1. The number of likely N-dealkylation sites (tertiary alicyclic amines) is 1. The smallest absolute Gasteiger partial charge is 0.187 e. The fourth-order valence-corrected chi connectivity index (χ4v) is 5.49. The summed E-state index contributed by atoms with van der Waals surface area (Å²) in [5.41, 5.74) is 4.74.